The van der Waals surface area contributed by atoms with Gasteiger partial charge in [-0.3, -0.25) is 4.79 Å². The molecule has 5 nitrogen and oxygen atoms in total. The van der Waals surface area contributed by atoms with Gasteiger partial charge in [-0.25, -0.2) is 4.79 Å². The molecule has 5 heteroatoms. The van der Waals surface area contributed by atoms with E-state index in [0.29, 0.717) is 6.42 Å². The predicted octanol–water partition coefficient (Wildman–Crippen LogP) is 1.88. The summed E-state index contributed by atoms with van der Waals surface area (Å²) in [6.07, 6.45) is 4.65. The van der Waals surface area contributed by atoms with Crippen LogP contribution in [0.25, 0.3) is 0 Å². The summed E-state index contributed by atoms with van der Waals surface area (Å²) in [5, 5.41) is 24.0. The summed E-state index contributed by atoms with van der Waals surface area (Å²) in [6.45, 7) is 3.35. The van der Waals surface area contributed by atoms with Crippen molar-refractivity contribution >= 4 is 11.9 Å². The number of aliphatic hydroxyl groups is 1. The maximum Gasteiger partial charge on any atom is 0.332 e. The number of aliphatic hydroxyl groups excluding tert-OH is 1. The van der Waals surface area contributed by atoms with Crippen molar-refractivity contribution < 1.29 is 24.9 Å². The molecule has 0 amide bonds. The number of hydrogen-bond acceptors (Lipinski definition) is 3. The molecule has 3 N–H and O–H groups in total. The normalized spacial score (nSPS) is 11.2. The highest BCUT2D eigenvalue weighted by Crippen LogP contribution is 2.04. The van der Waals surface area contributed by atoms with E-state index in [-0.39, 0.29) is 0 Å². The monoisotopic (exact) mass is 234 g/mol. The number of rotatable bonds is 7. The zero-order chi connectivity index (χ0) is 13.0. The Hall–Kier alpha value is -1.10. The number of carboxylic acid groups (broad SMARTS) is 2. The minimum atomic E-state index is -1.23. The van der Waals surface area contributed by atoms with Gasteiger partial charge in [0.1, 0.15) is 6.10 Å². The quantitative estimate of drug-likeness (QED) is 0.585. The second kappa shape index (κ2) is 12.0. The van der Waals surface area contributed by atoms with E-state index >= 15 is 0 Å². The molecule has 0 aromatic rings. The summed E-state index contributed by atoms with van der Waals surface area (Å²) in [5.74, 6) is -1.86. The fraction of sp³-hybridized carbons (Fsp3) is 0.818. The van der Waals surface area contributed by atoms with Crippen molar-refractivity contribution in [2.75, 3.05) is 0 Å². The second-order valence-corrected chi connectivity index (χ2v) is 3.57. The van der Waals surface area contributed by atoms with Crippen LogP contribution in [0.2, 0.25) is 0 Å². The lowest BCUT2D eigenvalue weighted by Crippen LogP contribution is -2.13. The third-order valence-corrected chi connectivity index (χ3v) is 1.85. The zero-order valence-electron chi connectivity index (χ0n) is 9.98. The number of unbranched alkanes of at least 4 members (excludes halogenated alkanes) is 4. The van der Waals surface area contributed by atoms with E-state index in [0.717, 1.165) is 12.8 Å². The van der Waals surface area contributed by atoms with Crippen molar-refractivity contribution in [1.29, 1.82) is 0 Å². The van der Waals surface area contributed by atoms with Crippen LogP contribution < -0.4 is 0 Å². The molecule has 0 aliphatic carbocycles. The van der Waals surface area contributed by atoms with Crippen LogP contribution in [0.5, 0.6) is 0 Å². The van der Waals surface area contributed by atoms with Gasteiger partial charge in [0.15, 0.2) is 0 Å². The van der Waals surface area contributed by atoms with E-state index in [2.05, 4.69) is 6.92 Å². The molecule has 0 radical (unpaired) electrons. The van der Waals surface area contributed by atoms with Gasteiger partial charge in [-0.1, -0.05) is 32.6 Å². The Morgan fingerprint density at radius 3 is 1.81 bits per heavy atom. The maximum atomic E-state index is 10.0. The van der Waals surface area contributed by atoms with Crippen LogP contribution in [0.4, 0.5) is 0 Å². The topological polar surface area (TPSA) is 94.8 Å². The fourth-order valence-corrected chi connectivity index (χ4v) is 0.880. The standard InChI is InChI=1S/C8H16O2.C3H6O3/c1-2-3-4-5-6-7-8(9)10;1-2(4)3(5)6/h2-7H2,1H3,(H,9,10);2,4H,1H3,(H,5,6). The molecule has 0 spiro atoms. The van der Waals surface area contributed by atoms with Crippen molar-refractivity contribution in [1.82, 2.24) is 0 Å². The summed E-state index contributed by atoms with van der Waals surface area (Å²) >= 11 is 0. The first-order chi connectivity index (χ1) is 7.41. The molecule has 0 heterocycles. The lowest BCUT2D eigenvalue weighted by molar-refractivity contribution is -0.145. The molecule has 0 aliphatic rings. The van der Waals surface area contributed by atoms with Crippen LogP contribution in [0, 0.1) is 0 Å². The van der Waals surface area contributed by atoms with E-state index < -0.39 is 18.0 Å². The molecule has 1 unspecified atom stereocenters. The molecule has 16 heavy (non-hydrogen) atoms. The summed E-state index contributed by atoms with van der Waals surface area (Å²) < 4.78 is 0. The van der Waals surface area contributed by atoms with E-state index in [1.807, 2.05) is 0 Å². The Balaban J connectivity index is 0. The van der Waals surface area contributed by atoms with Crippen LogP contribution in [-0.2, 0) is 9.59 Å². The Labute approximate surface area is 96.1 Å². The molecular formula is C11H22O5. The van der Waals surface area contributed by atoms with Gasteiger partial charge in [-0.15, -0.1) is 0 Å². The number of aliphatic carboxylic acids is 2. The van der Waals surface area contributed by atoms with E-state index in [1.54, 1.807) is 0 Å². The average Bonchev–Trinajstić information content (AvgIpc) is 2.18. The van der Waals surface area contributed by atoms with Crippen molar-refractivity contribution in [3.05, 3.63) is 0 Å². The third kappa shape index (κ3) is 18.6. The zero-order valence-corrected chi connectivity index (χ0v) is 9.98. The van der Waals surface area contributed by atoms with Crippen LogP contribution in [0.1, 0.15) is 52.4 Å². The summed E-state index contributed by atoms with van der Waals surface area (Å²) in [6, 6.07) is 0. The number of carboxylic acids is 2. The average molecular weight is 234 g/mol. The molecule has 96 valence electrons. The van der Waals surface area contributed by atoms with Crippen LogP contribution in [0.15, 0.2) is 0 Å². The van der Waals surface area contributed by atoms with Crippen molar-refractivity contribution in [2.24, 2.45) is 0 Å². The smallest absolute Gasteiger partial charge is 0.332 e. The molecule has 0 saturated carbocycles. The van der Waals surface area contributed by atoms with Gasteiger partial charge >= 0.3 is 11.9 Å². The lowest BCUT2D eigenvalue weighted by atomic mass is 10.1. The minimum Gasteiger partial charge on any atom is -0.481 e. The Bertz CT molecular complexity index is 189. The number of carbonyl (C=O) groups is 2. The Morgan fingerprint density at radius 2 is 1.50 bits per heavy atom. The lowest BCUT2D eigenvalue weighted by Gasteiger charge is -1.95. The van der Waals surface area contributed by atoms with E-state index in [4.69, 9.17) is 15.3 Å². The van der Waals surface area contributed by atoms with Gasteiger partial charge in [0.2, 0.25) is 0 Å². The van der Waals surface area contributed by atoms with Gasteiger partial charge in [0, 0.05) is 6.42 Å². The SMILES string of the molecule is CC(O)C(=O)O.CCCCCCCC(=O)O. The highest BCUT2D eigenvalue weighted by atomic mass is 16.4. The Morgan fingerprint density at radius 1 is 1.06 bits per heavy atom. The molecule has 0 rings (SSSR count). The van der Waals surface area contributed by atoms with Gasteiger partial charge in [0.05, 0.1) is 0 Å². The van der Waals surface area contributed by atoms with Crippen molar-refractivity contribution in [3.8, 4) is 0 Å². The van der Waals surface area contributed by atoms with Crippen molar-refractivity contribution in [2.45, 2.75) is 58.5 Å². The molecule has 0 aromatic heterocycles. The van der Waals surface area contributed by atoms with Gasteiger partial charge in [0.25, 0.3) is 0 Å². The fourth-order valence-electron chi connectivity index (χ4n) is 0.880. The molecule has 0 aliphatic heterocycles. The molecule has 0 saturated heterocycles. The molecule has 0 aromatic carbocycles. The molecular weight excluding hydrogens is 212 g/mol. The third-order valence-electron chi connectivity index (χ3n) is 1.85. The summed E-state index contributed by atoms with van der Waals surface area (Å²) in [4.78, 5) is 19.5. The molecule has 1 atom stereocenters. The van der Waals surface area contributed by atoms with Crippen LogP contribution in [0.3, 0.4) is 0 Å². The highest BCUT2D eigenvalue weighted by molar-refractivity contribution is 5.71. The number of hydrogen-bond donors (Lipinski definition) is 3. The van der Waals surface area contributed by atoms with E-state index in [1.165, 1.54) is 26.2 Å². The van der Waals surface area contributed by atoms with Crippen LogP contribution >= 0.6 is 0 Å². The van der Waals surface area contributed by atoms with Crippen molar-refractivity contribution in [3.63, 3.8) is 0 Å². The largest absolute Gasteiger partial charge is 0.481 e. The molecule has 0 fully saturated rings. The maximum absolute atomic E-state index is 10.0. The van der Waals surface area contributed by atoms with Crippen LogP contribution in [-0.4, -0.2) is 33.4 Å². The minimum absolute atomic E-state index is 0.337. The van der Waals surface area contributed by atoms with Gasteiger partial charge < -0.3 is 15.3 Å². The van der Waals surface area contributed by atoms with Gasteiger partial charge in [-0.2, -0.15) is 0 Å². The summed E-state index contributed by atoms with van der Waals surface area (Å²) in [7, 11) is 0. The summed E-state index contributed by atoms with van der Waals surface area (Å²) in [5.41, 5.74) is 0. The second-order valence-electron chi connectivity index (χ2n) is 3.57. The van der Waals surface area contributed by atoms with Gasteiger partial charge in [-0.05, 0) is 13.3 Å². The van der Waals surface area contributed by atoms with E-state index in [9.17, 15) is 9.59 Å². The Kier molecular flexibility index (Phi) is 12.9. The molecule has 0 bridgehead atoms. The first-order valence-corrected chi connectivity index (χ1v) is 5.54. The highest BCUT2D eigenvalue weighted by Gasteiger charge is 2.01. The first-order valence-electron chi connectivity index (χ1n) is 5.54. The predicted molar refractivity (Wildman–Crippen MR) is 60.3 cm³/mol. The first kappa shape index (κ1) is 17.3.